The first-order valence-electron chi connectivity index (χ1n) is 10.8. The third-order valence-corrected chi connectivity index (χ3v) is 5.55. The lowest BCUT2D eigenvalue weighted by Gasteiger charge is -2.39. The van der Waals surface area contributed by atoms with E-state index in [9.17, 15) is 0 Å². The fraction of sp³-hybridized carbons (Fsp3) is 0.565. The van der Waals surface area contributed by atoms with Crippen LogP contribution in [0, 0.1) is 0 Å². The molecule has 1 aliphatic rings. The maximum atomic E-state index is 5.84. The second-order valence-corrected chi connectivity index (χ2v) is 8.88. The van der Waals surface area contributed by atoms with E-state index < -0.39 is 0 Å². The van der Waals surface area contributed by atoms with Crippen LogP contribution in [0.4, 0.5) is 5.69 Å². The second-order valence-electron chi connectivity index (χ2n) is 8.88. The van der Waals surface area contributed by atoms with Gasteiger partial charge in [-0.15, -0.1) is 0 Å². The third-order valence-electron chi connectivity index (χ3n) is 5.55. The first-order valence-corrected chi connectivity index (χ1v) is 10.8. The minimum Gasteiger partial charge on any atom is -0.443 e. The molecule has 1 aliphatic heterocycles. The lowest BCUT2D eigenvalue weighted by molar-refractivity contribution is 0.197. The Labute approximate surface area is 180 Å². The number of para-hydroxylation sites is 1. The average Bonchev–Trinajstić information content (AvgIpc) is 3.24. The summed E-state index contributed by atoms with van der Waals surface area (Å²) >= 11 is 0. The number of nitrogens with zero attached hydrogens (tertiary/aromatic N) is 4. The predicted octanol–water partition coefficient (Wildman–Crippen LogP) is 2.85. The molecule has 1 aromatic heterocycles. The van der Waals surface area contributed by atoms with Gasteiger partial charge in [0.05, 0.1) is 12.7 Å². The van der Waals surface area contributed by atoms with E-state index in [1.807, 2.05) is 6.20 Å². The molecule has 7 nitrogen and oxygen atoms in total. The quantitative estimate of drug-likeness (QED) is 0.562. The van der Waals surface area contributed by atoms with Crippen molar-refractivity contribution < 1.29 is 4.42 Å². The van der Waals surface area contributed by atoms with Crippen LogP contribution >= 0.6 is 0 Å². The van der Waals surface area contributed by atoms with E-state index >= 15 is 0 Å². The lowest BCUT2D eigenvalue weighted by Crippen LogP contribution is -2.53. The molecule has 0 radical (unpaired) electrons. The van der Waals surface area contributed by atoms with Crippen LogP contribution in [0.3, 0.4) is 0 Å². The molecule has 0 amide bonds. The van der Waals surface area contributed by atoms with Crippen LogP contribution in [0.1, 0.15) is 39.3 Å². The van der Waals surface area contributed by atoms with Gasteiger partial charge < -0.3 is 20.0 Å². The molecule has 2 heterocycles. The highest BCUT2D eigenvalue weighted by Crippen LogP contribution is 2.22. The molecular formula is C23H36N6O. The standard InChI is InChI=1S/C23H36N6O/c1-18(28-11-13-29(14-12-28)19-9-7-6-8-10-19)15-26-22(24-5)27-17-21-25-16-20(30-21)23(2,3)4/h6-10,16,18H,11-15,17H2,1-5H3,(H2,24,26,27). The number of aliphatic imine (C=N–C) groups is 1. The highest BCUT2D eigenvalue weighted by molar-refractivity contribution is 5.79. The van der Waals surface area contributed by atoms with Crippen molar-refractivity contribution in [1.29, 1.82) is 0 Å². The van der Waals surface area contributed by atoms with Crippen LogP contribution < -0.4 is 15.5 Å². The molecule has 2 aromatic rings. The van der Waals surface area contributed by atoms with E-state index in [-0.39, 0.29) is 5.41 Å². The first kappa shape index (κ1) is 22.2. The minimum atomic E-state index is -0.0366. The minimum absolute atomic E-state index is 0.0366. The van der Waals surface area contributed by atoms with Gasteiger partial charge in [-0.3, -0.25) is 9.89 Å². The molecular weight excluding hydrogens is 376 g/mol. The summed E-state index contributed by atoms with van der Waals surface area (Å²) in [5.74, 6) is 2.33. The summed E-state index contributed by atoms with van der Waals surface area (Å²) in [7, 11) is 1.79. The van der Waals surface area contributed by atoms with Crippen LogP contribution in [-0.2, 0) is 12.0 Å². The van der Waals surface area contributed by atoms with Crippen molar-refractivity contribution in [2.45, 2.75) is 45.7 Å². The smallest absolute Gasteiger partial charge is 0.213 e. The van der Waals surface area contributed by atoms with Gasteiger partial charge in [-0.1, -0.05) is 39.0 Å². The molecule has 2 N–H and O–H groups in total. The van der Waals surface area contributed by atoms with Crippen molar-refractivity contribution in [3.8, 4) is 0 Å². The van der Waals surface area contributed by atoms with Crippen LogP contribution in [0.2, 0.25) is 0 Å². The molecule has 0 spiro atoms. The molecule has 3 rings (SSSR count). The maximum absolute atomic E-state index is 5.84. The largest absolute Gasteiger partial charge is 0.443 e. The SMILES string of the molecule is CN=C(NCc1ncc(C(C)(C)C)o1)NCC(C)N1CCN(c2ccccc2)CC1. The summed E-state index contributed by atoms with van der Waals surface area (Å²) in [6, 6.07) is 11.1. The number of anilines is 1. The number of hydrogen-bond donors (Lipinski definition) is 2. The highest BCUT2D eigenvalue weighted by Gasteiger charge is 2.22. The molecule has 1 aromatic carbocycles. The topological polar surface area (TPSA) is 68.9 Å². The van der Waals surface area contributed by atoms with Crippen LogP contribution in [-0.4, -0.2) is 61.7 Å². The van der Waals surface area contributed by atoms with Crippen LogP contribution in [0.25, 0.3) is 0 Å². The summed E-state index contributed by atoms with van der Waals surface area (Å²) in [5, 5.41) is 6.72. The third kappa shape index (κ3) is 5.98. The van der Waals surface area contributed by atoms with Gasteiger partial charge in [-0.05, 0) is 19.1 Å². The molecule has 30 heavy (non-hydrogen) atoms. The van der Waals surface area contributed by atoms with E-state index in [1.54, 1.807) is 7.05 Å². The fourth-order valence-electron chi connectivity index (χ4n) is 3.55. The summed E-state index contributed by atoms with van der Waals surface area (Å²) in [6.45, 7) is 14.2. The number of rotatable bonds is 6. The van der Waals surface area contributed by atoms with Crippen molar-refractivity contribution in [1.82, 2.24) is 20.5 Å². The van der Waals surface area contributed by atoms with E-state index in [2.05, 4.69) is 88.4 Å². The van der Waals surface area contributed by atoms with Gasteiger partial charge in [0.1, 0.15) is 5.76 Å². The summed E-state index contributed by atoms with van der Waals surface area (Å²) in [6.07, 6.45) is 1.81. The second kappa shape index (κ2) is 9.98. The molecule has 0 bridgehead atoms. The van der Waals surface area contributed by atoms with Gasteiger partial charge in [-0.25, -0.2) is 4.98 Å². The monoisotopic (exact) mass is 412 g/mol. The maximum Gasteiger partial charge on any atom is 0.213 e. The van der Waals surface area contributed by atoms with E-state index in [0.717, 1.165) is 44.4 Å². The average molecular weight is 413 g/mol. The predicted molar refractivity (Wildman–Crippen MR) is 123 cm³/mol. The van der Waals surface area contributed by atoms with Crippen molar-refractivity contribution >= 4 is 11.6 Å². The van der Waals surface area contributed by atoms with Crippen LogP contribution in [0.5, 0.6) is 0 Å². The van der Waals surface area contributed by atoms with Crippen molar-refractivity contribution in [2.24, 2.45) is 4.99 Å². The summed E-state index contributed by atoms with van der Waals surface area (Å²) in [5.41, 5.74) is 1.28. The molecule has 7 heteroatoms. The molecule has 164 valence electrons. The van der Waals surface area contributed by atoms with Crippen LogP contribution in [0.15, 0.2) is 45.9 Å². The number of nitrogens with one attached hydrogen (secondary N) is 2. The molecule has 1 fully saturated rings. The Bertz CT molecular complexity index is 803. The molecule has 1 saturated heterocycles. The Morgan fingerprint density at radius 3 is 2.43 bits per heavy atom. The molecule has 1 unspecified atom stereocenters. The fourth-order valence-corrected chi connectivity index (χ4v) is 3.55. The Hall–Kier alpha value is -2.54. The Morgan fingerprint density at radius 1 is 1.13 bits per heavy atom. The number of hydrogen-bond acceptors (Lipinski definition) is 5. The number of oxazole rings is 1. The zero-order valence-corrected chi connectivity index (χ0v) is 19.0. The number of guanidine groups is 1. The number of benzene rings is 1. The molecule has 1 atom stereocenters. The summed E-state index contributed by atoms with van der Waals surface area (Å²) in [4.78, 5) is 13.7. The lowest BCUT2D eigenvalue weighted by atomic mass is 9.94. The number of aromatic nitrogens is 1. The zero-order valence-electron chi connectivity index (χ0n) is 19.0. The van der Waals surface area contributed by atoms with E-state index in [4.69, 9.17) is 4.42 Å². The summed E-state index contributed by atoms with van der Waals surface area (Å²) < 4.78 is 5.84. The molecule has 0 saturated carbocycles. The van der Waals surface area contributed by atoms with Gasteiger partial charge in [0.2, 0.25) is 5.89 Å². The van der Waals surface area contributed by atoms with Crippen molar-refractivity contribution in [3.05, 3.63) is 48.2 Å². The first-order chi connectivity index (χ1) is 14.4. The van der Waals surface area contributed by atoms with Gasteiger partial charge in [0, 0.05) is 56.9 Å². The highest BCUT2D eigenvalue weighted by atomic mass is 16.4. The van der Waals surface area contributed by atoms with Crippen molar-refractivity contribution in [3.63, 3.8) is 0 Å². The van der Waals surface area contributed by atoms with Gasteiger partial charge in [-0.2, -0.15) is 0 Å². The molecule has 0 aliphatic carbocycles. The van der Waals surface area contributed by atoms with Gasteiger partial charge in [0.25, 0.3) is 0 Å². The van der Waals surface area contributed by atoms with Gasteiger partial charge in [0.15, 0.2) is 5.96 Å². The Morgan fingerprint density at radius 2 is 1.83 bits per heavy atom. The zero-order chi connectivity index (χ0) is 21.6. The van der Waals surface area contributed by atoms with Crippen molar-refractivity contribution in [2.75, 3.05) is 44.7 Å². The number of piperazine rings is 1. The Balaban J connectivity index is 1.41. The Kier molecular flexibility index (Phi) is 7.37. The van der Waals surface area contributed by atoms with E-state index in [0.29, 0.717) is 18.5 Å². The van der Waals surface area contributed by atoms with E-state index in [1.165, 1.54) is 5.69 Å². The normalized spacial score (nSPS) is 17.1. The van der Waals surface area contributed by atoms with Gasteiger partial charge >= 0.3 is 0 Å².